The molecule has 0 spiro atoms. The van der Waals surface area contributed by atoms with E-state index < -0.39 is 68.6 Å². The molecular weight excluding hydrogens is 660 g/mol. The number of nitrogens with one attached hydrogen (secondary N) is 4. The Morgan fingerprint density at radius 3 is 2.14 bits per heavy atom. The third-order valence-electron chi connectivity index (χ3n) is 11.6. The molecule has 14 heteroatoms. The van der Waals surface area contributed by atoms with Gasteiger partial charge < -0.3 is 26.2 Å². The van der Waals surface area contributed by atoms with Crippen molar-refractivity contribution in [3.63, 3.8) is 0 Å². The molecule has 0 bridgehead atoms. The molecule has 3 aliphatic carbocycles. The van der Waals surface area contributed by atoms with E-state index in [4.69, 9.17) is 0 Å². The number of piperidine rings is 1. The molecule has 1 aliphatic heterocycles. The lowest BCUT2D eigenvalue weighted by Crippen LogP contribution is -2.64. The Balaban J connectivity index is 1.54. The predicted octanol–water partition coefficient (Wildman–Crippen LogP) is 3.08. The van der Waals surface area contributed by atoms with E-state index in [9.17, 15) is 32.4 Å². The maximum Gasteiger partial charge on any atom is 0.315 e. The van der Waals surface area contributed by atoms with Crippen LogP contribution in [0.3, 0.4) is 0 Å². The number of Topliss-reactive ketones (excluding diaryl/α,β-unsaturated/α-hetero) is 1. The normalized spacial score (nSPS) is 25.3. The summed E-state index contributed by atoms with van der Waals surface area (Å²) in [6.45, 7) is 15.5. The van der Waals surface area contributed by atoms with E-state index in [1.165, 1.54) is 9.21 Å². The number of amides is 5. The Morgan fingerprint density at radius 2 is 1.60 bits per heavy atom. The maximum absolute atomic E-state index is 14.5. The fourth-order valence-electron chi connectivity index (χ4n) is 7.92. The molecule has 5 atom stereocenters. The van der Waals surface area contributed by atoms with Crippen molar-refractivity contribution < 1.29 is 32.4 Å². The molecular formula is C36H62N6O7S. The molecule has 0 radical (unpaired) electrons. The predicted molar refractivity (Wildman–Crippen MR) is 191 cm³/mol. The lowest BCUT2D eigenvalue weighted by atomic mass is 9.83. The molecule has 4 rings (SSSR count). The lowest BCUT2D eigenvalue weighted by molar-refractivity contribution is -0.145. The van der Waals surface area contributed by atoms with E-state index in [1.54, 1.807) is 20.9 Å². The van der Waals surface area contributed by atoms with Crippen LogP contribution in [0.15, 0.2) is 0 Å². The second-order valence-corrected chi connectivity index (χ2v) is 19.3. The van der Waals surface area contributed by atoms with Crippen LogP contribution in [0.25, 0.3) is 0 Å². The van der Waals surface area contributed by atoms with Gasteiger partial charge in [0.15, 0.2) is 0 Å². The zero-order valence-electron chi connectivity index (χ0n) is 31.7. The summed E-state index contributed by atoms with van der Waals surface area (Å²) in [4.78, 5) is 69.8. The first-order chi connectivity index (χ1) is 23.1. The van der Waals surface area contributed by atoms with Gasteiger partial charge in [-0.05, 0) is 68.6 Å². The number of hydrogen-bond donors (Lipinski definition) is 4. The number of hydrogen-bond acceptors (Lipinski definition) is 7. The van der Waals surface area contributed by atoms with Gasteiger partial charge >= 0.3 is 6.03 Å². The van der Waals surface area contributed by atoms with Gasteiger partial charge in [-0.25, -0.2) is 17.5 Å². The Morgan fingerprint density at radius 1 is 0.980 bits per heavy atom. The average Bonchev–Trinajstić information content (AvgIpc) is 3.87. The first-order valence-electron chi connectivity index (χ1n) is 18.6. The molecule has 3 saturated carbocycles. The van der Waals surface area contributed by atoms with Gasteiger partial charge in [0.25, 0.3) is 5.91 Å². The van der Waals surface area contributed by atoms with Crippen LogP contribution in [0.5, 0.6) is 0 Å². The molecule has 4 N–H and O–H groups in total. The number of nitrogens with zero attached hydrogens (tertiary/aromatic N) is 2. The van der Waals surface area contributed by atoms with Crippen molar-refractivity contribution >= 4 is 39.6 Å². The molecule has 284 valence electrons. The summed E-state index contributed by atoms with van der Waals surface area (Å²) < 4.78 is 28.0. The van der Waals surface area contributed by atoms with E-state index in [0.29, 0.717) is 32.2 Å². The van der Waals surface area contributed by atoms with Crippen molar-refractivity contribution in [2.75, 3.05) is 19.3 Å². The average molecular weight is 723 g/mol. The molecule has 4 fully saturated rings. The number of fused-ring (bicyclic) bond motifs is 1. The summed E-state index contributed by atoms with van der Waals surface area (Å²) in [6, 6.07) is -3.76. The number of urea groups is 1. The number of likely N-dealkylation sites (tertiary alicyclic amines) is 1. The Hall–Kier alpha value is -2.74. The van der Waals surface area contributed by atoms with Crippen molar-refractivity contribution in [3.8, 4) is 0 Å². The van der Waals surface area contributed by atoms with Gasteiger partial charge in [-0.2, -0.15) is 0 Å². The highest BCUT2D eigenvalue weighted by Crippen LogP contribution is 2.65. The Kier molecular flexibility index (Phi) is 12.1. The summed E-state index contributed by atoms with van der Waals surface area (Å²) in [5.41, 5.74) is -1.94. The van der Waals surface area contributed by atoms with Crippen LogP contribution in [-0.2, 0) is 29.2 Å². The number of unbranched alkanes of at least 4 members (excludes halogenated alkanes) is 1. The van der Waals surface area contributed by atoms with Crippen LogP contribution in [0.2, 0.25) is 0 Å². The van der Waals surface area contributed by atoms with Crippen molar-refractivity contribution in [2.24, 2.45) is 22.7 Å². The molecule has 1 saturated heterocycles. The van der Waals surface area contributed by atoms with E-state index in [-0.39, 0.29) is 35.1 Å². The van der Waals surface area contributed by atoms with E-state index in [2.05, 4.69) is 35.1 Å². The largest absolute Gasteiger partial charge is 0.347 e. The summed E-state index contributed by atoms with van der Waals surface area (Å²) in [7, 11) is -2.14. The third-order valence-corrected chi connectivity index (χ3v) is 13.8. The molecule has 1 heterocycles. The van der Waals surface area contributed by atoms with Gasteiger partial charge in [0, 0.05) is 25.7 Å². The van der Waals surface area contributed by atoms with Gasteiger partial charge in [-0.1, -0.05) is 73.6 Å². The van der Waals surface area contributed by atoms with Crippen molar-refractivity contribution in [1.82, 2.24) is 30.5 Å². The molecule has 0 aromatic heterocycles. The van der Waals surface area contributed by atoms with Crippen LogP contribution in [0, 0.1) is 22.7 Å². The highest BCUT2D eigenvalue weighted by molar-refractivity contribution is 7.89. The maximum atomic E-state index is 14.5. The molecule has 5 amide bonds. The van der Waals surface area contributed by atoms with Gasteiger partial charge in [-0.15, -0.1) is 0 Å². The van der Waals surface area contributed by atoms with Crippen LogP contribution < -0.4 is 21.3 Å². The highest BCUT2D eigenvalue weighted by atomic mass is 32.2. The van der Waals surface area contributed by atoms with Crippen LogP contribution in [0.1, 0.15) is 120 Å². The number of carbonyl (C=O) groups excluding carboxylic acids is 5. The summed E-state index contributed by atoms with van der Waals surface area (Å²) >= 11 is 0. The number of rotatable bonds is 15. The second kappa shape index (κ2) is 15.1. The van der Waals surface area contributed by atoms with Gasteiger partial charge in [-0.3, -0.25) is 19.2 Å². The lowest BCUT2D eigenvalue weighted by Gasteiger charge is -2.41. The number of carbonyl (C=O) groups is 5. The third kappa shape index (κ3) is 9.00. The van der Waals surface area contributed by atoms with E-state index in [0.717, 1.165) is 38.5 Å². The standard InChI is InChI=1S/C36H62N6O7S/c1-10-11-15-25(28(43)31(45)37-23-16-17-23)38-30(44)27-26-24(35(26,7)8)20-42(27)32(46)29(34(4,5)6)39-33(47)40-36(18-13-12-14-19-36)21-50(48,49)41(9)22(2)3/h22-27,29H,10-21H2,1-9H3,(H,37,45)(H,38,44)(H2,39,40,47)/t24-,25-,26-,27-,29+/m0/s1. The minimum Gasteiger partial charge on any atom is -0.347 e. The topological polar surface area (TPSA) is 174 Å². The second-order valence-electron chi connectivity index (χ2n) is 17.3. The quantitative estimate of drug-likeness (QED) is 0.188. The molecule has 50 heavy (non-hydrogen) atoms. The molecule has 13 nitrogen and oxygen atoms in total. The van der Waals surface area contributed by atoms with Crippen LogP contribution in [0.4, 0.5) is 4.79 Å². The summed E-state index contributed by atoms with van der Waals surface area (Å²) in [5.74, 6) is -2.57. The van der Waals surface area contributed by atoms with Crippen LogP contribution in [-0.4, -0.2) is 102 Å². The van der Waals surface area contributed by atoms with Crippen molar-refractivity contribution in [3.05, 3.63) is 0 Å². The molecule has 0 unspecified atom stereocenters. The minimum absolute atomic E-state index is 0.00254. The van der Waals surface area contributed by atoms with Gasteiger partial charge in [0.1, 0.15) is 12.1 Å². The molecule has 0 aromatic rings. The minimum atomic E-state index is -3.69. The Bertz CT molecular complexity index is 1410. The van der Waals surface area contributed by atoms with Gasteiger partial charge in [0.05, 0.1) is 17.3 Å². The fraction of sp³-hybridized carbons (Fsp3) is 0.861. The zero-order chi connectivity index (χ0) is 37.4. The fourth-order valence-corrected chi connectivity index (χ4v) is 9.82. The van der Waals surface area contributed by atoms with Gasteiger partial charge in [0.2, 0.25) is 27.6 Å². The zero-order valence-corrected chi connectivity index (χ0v) is 32.5. The summed E-state index contributed by atoms with van der Waals surface area (Å²) in [6.07, 6.45) is 6.89. The van der Waals surface area contributed by atoms with Crippen molar-refractivity contribution in [1.29, 1.82) is 0 Å². The summed E-state index contributed by atoms with van der Waals surface area (Å²) in [5, 5.41) is 11.5. The smallest absolute Gasteiger partial charge is 0.315 e. The molecule has 0 aromatic carbocycles. The van der Waals surface area contributed by atoms with Crippen LogP contribution >= 0.6 is 0 Å². The molecule has 4 aliphatic rings. The van der Waals surface area contributed by atoms with E-state index >= 15 is 0 Å². The number of ketones is 1. The SMILES string of the molecule is CCCC[C@H](NC(=O)[C@@H]1[C@@H]2[C@H](CN1C(=O)[C@@H](NC(=O)NC1(CS(=O)(=O)N(C)C(C)C)CCCCC1)C(C)(C)C)C2(C)C)C(=O)C(=O)NC1CC1. The van der Waals surface area contributed by atoms with E-state index in [1.807, 2.05) is 27.7 Å². The van der Waals surface area contributed by atoms with Crippen molar-refractivity contribution in [2.45, 2.75) is 155 Å². The number of sulfonamides is 1. The Labute approximate surface area is 299 Å². The monoisotopic (exact) mass is 722 g/mol. The first kappa shape index (κ1) is 40.0. The highest BCUT2D eigenvalue weighted by Gasteiger charge is 2.70. The first-order valence-corrected chi connectivity index (χ1v) is 20.3.